The van der Waals surface area contributed by atoms with Crippen LogP contribution >= 0.6 is 0 Å². The van der Waals surface area contributed by atoms with Gasteiger partial charge in [0.2, 0.25) is 0 Å². The molecule has 2 aromatic heterocycles. The standard InChI is InChI=1S/C19H20N2O/c1-4-22-14(3)17-12-20-10-9-16(17)13(2)19-11-15-7-5-6-8-18(15)21-19/h5-13,21H,3-4H2,1-2H3. The number of H-pyrrole nitrogens is 1. The van der Waals surface area contributed by atoms with Crippen molar-refractivity contribution in [1.82, 2.24) is 9.97 Å². The number of ether oxygens (including phenoxy) is 1. The van der Waals surface area contributed by atoms with Gasteiger partial charge in [-0.15, -0.1) is 0 Å². The van der Waals surface area contributed by atoms with Crippen LogP contribution in [0.2, 0.25) is 0 Å². The number of hydrogen-bond acceptors (Lipinski definition) is 2. The second-order valence-electron chi connectivity index (χ2n) is 5.35. The number of benzene rings is 1. The van der Waals surface area contributed by atoms with E-state index in [2.05, 4.69) is 47.7 Å². The number of nitrogens with one attached hydrogen (secondary N) is 1. The molecule has 0 radical (unpaired) electrons. The number of aromatic amines is 1. The van der Waals surface area contributed by atoms with Gasteiger partial charge in [0.15, 0.2) is 0 Å². The van der Waals surface area contributed by atoms with Gasteiger partial charge in [-0.3, -0.25) is 4.98 Å². The smallest absolute Gasteiger partial charge is 0.121 e. The number of fused-ring (bicyclic) bond motifs is 1. The lowest BCUT2D eigenvalue weighted by molar-refractivity contribution is 0.298. The first-order chi connectivity index (χ1) is 10.7. The Hall–Kier alpha value is -2.55. The number of pyridine rings is 1. The summed E-state index contributed by atoms with van der Waals surface area (Å²) < 4.78 is 5.57. The Kier molecular flexibility index (Phi) is 3.96. The summed E-state index contributed by atoms with van der Waals surface area (Å²) in [4.78, 5) is 7.72. The minimum Gasteiger partial charge on any atom is -0.494 e. The van der Waals surface area contributed by atoms with Crippen molar-refractivity contribution in [2.75, 3.05) is 6.61 Å². The Morgan fingerprint density at radius 2 is 2.14 bits per heavy atom. The van der Waals surface area contributed by atoms with E-state index in [1.165, 1.54) is 16.6 Å². The summed E-state index contributed by atoms with van der Waals surface area (Å²) in [6, 6.07) is 12.6. The minimum absolute atomic E-state index is 0.211. The van der Waals surface area contributed by atoms with Gasteiger partial charge in [0.25, 0.3) is 0 Å². The zero-order valence-corrected chi connectivity index (χ0v) is 13.0. The number of aromatic nitrogens is 2. The Bertz CT molecular complexity index is 771. The predicted octanol–water partition coefficient (Wildman–Crippen LogP) is 4.72. The summed E-state index contributed by atoms with van der Waals surface area (Å²) in [7, 11) is 0. The molecule has 3 heteroatoms. The fraction of sp³-hybridized carbons (Fsp3) is 0.211. The van der Waals surface area contributed by atoms with Gasteiger partial charge < -0.3 is 9.72 Å². The van der Waals surface area contributed by atoms with Crippen LogP contribution in [0.1, 0.15) is 36.6 Å². The van der Waals surface area contributed by atoms with E-state index in [-0.39, 0.29) is 5.92 Å². The van der Waals surface area contributed by atoms with Gasteiger partial charge >= 0.3 is 0 Å². The summed E-state index contributed by atoms with van der Waals surface area (Å²) in [6.45, 7) is 8.77. The topological polar surface area (TPSA) is 37.9 Å². The van der Waals surface area contributed by atoms with Crippen molar-refractivity contribution in [1.29, 1.82) is 0 Å². The fourth-order valence-corrected chi connectivity index (χ4v) is 2.76. The second kappa shape index (κ2) is 6.06. The summed E-state index contributed by atoms with van der Waals surface area (Å²) in [5.41, 5.74) is 4.47. The van der Waals surface area contributed by atoms with E-state index in [1.807, 2.05) is 31.5 Å². The molecule has 1 unspecified atom stereocenters. The van der Waals surface area contributed by atoms with Crippen molar-refractivity contribution >= 4 is 16.7 Å². The van der Waals surface area contributed by atoms with Gasteiger partial charge in [-0.1, -0.05) is 31.7 Å². The molecule has 3 aromatic rings. The molecule has 0 bridgehead atoms. The van der Waals surface area contributed by atoms with Gasteiger partial charge in [-0.25, -0.2) is 0 Å². The predicted molar refractivity (Wildman–Crippen MR) is 90.7 cm³/mol. The molecule has 1 aromatic carbocycles. The van der Waals surface area contributed by atoms with Crippen molar-refractivity contribution in [2.24, 2.45) is 0 Å². The molecule has 0 aliphatic heterocycles. The maximum absolute atomic E-state index is 5.57. The van der Waals surface area contributed by atoms with Gasteiger partial charge in [-0.2, -0.15) is 0 Å². The van der Waals surface area contributed by atoms with Gasteiger partial charge in [0.05, 0.1) is 6.61 Å². The van der Waals surface area contributed by atoms with Crippen LogP contribution in [0, 0.1) is 0 Å². The highest BCUT2D eigenvalue weighted by molar-refractivity contribution is 5.80. The van der Waals surface area contributed by atoms with E-state index in [0.717, 1.165) is 11.1 Å². The first kappa shape index (κ1) is 14.4. The van der Waals surface area contributed by atoms with E-state index >= 15 is 0 Å². The monoisotopic (exact) mass is 292 g/mol. The van der Waals surface area contributed by atoms with E-state index in [0.29, 0.717) is 12.4 Å². The lowest BCUT2D eigenvalue weighted by atomic mass is 9.94. The molecule has 0 amide bonds. The highest BCUT2D eigenvalue weighted by Crippen LogP contribution is 2.31. The van der Waals surface area contributed by atoms with E-state index < -0.39 is 0 Å². The SMILES string of the molecule is C=C(OCC)c1cnccc1C(C)c1cc2ccccc2[nH]1. The zero-order valence-electron chi connectivity index (χ0n) is 13.0. The van der Waals surface area contributed by atoms with Gasteiger partial charge in [0, 0.05) is 35.1 Å². The summed E-state index contributed by atoms with van der Waals surface area (Å²) in [6.07, 6.45) is 3.64. The lowest BCUT2D eigenvalue weighted by Crippen LogP contribution is -2.03. The lowest BCUT2D eigenvalue weighted by Gasteiger charge is -2.16. The van der Waals surface area contributed by atoms with Gasteiger partial charge in [0.1, 0.15) is 5.76 Å². The van der Waals surface area contributed by atoms with Crippen LogP contribution in [0.25, 0.3) is 16.7 Å². The van der Waals surface area contributed by atoms with Crippen LogP contribution in [-0.2, 0) is 4.74 Å². The van der Waals surface area contributed by atoms with Crippen LogP contribution in [0.3, 0.4) is 0 Å². The fourth-order valence-electron chi connectivity index (χ4n) is 2.76. The molecule has 22 heavy (non-hydrogen) atoms. The maximum Gasteiger partial charge on any atom is 0.121 e. The van der Waals surface area contributed by atoms with Crippen LogP contribution in [0.5, 0.6) is 0 Å². The van der Waals surface area contributed by atoms with Crippen LogP contribution in [0.15, 0.2) is 55.4 Å². The molecule has 0 saturated heterocycles. The third-order valence-electron chi connectivity index (χ3n) is 3.96. The minimum atomic E-state index is 0.211. The highest BCUT2D eigenvalue weighted by atomic mass is 16.5. The molecule has 1 atom stereocenters. The van der Waals surface area contributed by atoms with Crippen molar-refractivity contribution in [2.45, 2.75) is 19.8 Å². The molecule has 0 aliphatic carbocycles. The third kappa shape index (κ3) is 2.62. The number of nitrogens with zero attached hydrogens (tertiary/aromatic N) is 1. The van der Waals surface area contributed by atoms with E-state index in [1.54, 1.807) is 0 Å². The maximum atomic E-state index is 5.57. The molecule has 3 rings (SSSR count). The highest BCUT2D eigenvalue weighted by Gasteiger charge is 2.17. The first-order valence-corrected chi connectivity index (χ1v) is 7.54. The second-order valence-corrected chi connectivity index (χ2v) is 5.35. The van der Waals surface area contributed by atoms with E-state index in [4.69, 9.17) is 4.74 Å². The first-order valence-electron chi connectivity index (χ1n) is 7.54. The molecule has 0 spiro atoms. The number of hydrogen-bond donors (Lipinski definition) is 1. The Morgan fingerprint density at radius 1 is 1.32 bits per heavy atom. The zero-order chi connectivity index (χ0) is 15.5. The van der Waals surface area contributed by atoms with Crippen molar-refractivity contribution in [3.63, 3.8) is 0 Å². The average molecular weight is 292 g/mol. The molecule has 3 nitrogen and oxygen atoms in total. The molecule has 0 aliphatic rings. The van der Waals surface area contributed by atoms with Crippen molar-refractivity contribution in [3.8, 4) is 0 Å². The Morgan fingerprint density at radius 3 is 2.91 bits per heavy atom. The van der Waals surface area contributed by atoms with Crippen LogP contribution < -0.4 is 0 Å². The molecule has 0 saturated carbocycles. The molecule has 112 valence electrons. The average Bonchev–Trinajstić information content (AvgIpc) is 2.98. The number of para-hydroxylation sites is 1. The molecule has 2 heterocycles. The summed E-state index contributed by atoms with van der Waals surface area (Å²) in [5, 5.41) is 1.23. The van der Waals surface area contributed by atoms with Gasteiger partial charge in [-0.05, 0) is 36.1 Å². The normalized spacial score (nSPS) is 12.3. The Balaban J connectivity index is 2.01. The molecular weight excluding hydrogens is 272 g/mol. The quantitative estimate of drug-likeness (QED) is 0.691. The molecule has 0 fully saturated rings. The van der Waals surface area contributed by atoms with Crippen molar-refractivity contribution < 1.29 is 4.74 Å². The van der Waals surface area contributed by atoms with Crippen LogP contribution in [-0.4, -0.2) is 16.6 Å². The van der Waals surface area contributed by atoms with Crippen LogP contribution in [0.4, 0.5) is 0 Å². The third-order valence-corrected chi connectivity index (χ3v) is 3.96. The van der Waals surface area contributed by atoms with Crippen molar-refractivity contribution in [3.05, 3.63) is 72.2 Å². The summed E-state index contributed by atoms with van der Waals surface area (Å²) >= 11 is 0. The van der Waals surface area contributed by atoms with E-state index in [9.17, 15) is 0 Å². The summed E-state index contributed by atoms with van der Waals surface area (Å²) in [5.74, 6) is 0.885. The number of rotatable bonds is 5. The molecule has 1 N–H and O–H groups in total. The largest absolute Gasteiger partial charge is 0.494 e. The Labute approximate surface area is 130 Å². The molecular formula is C19H20N2O.